The van der Waals surface area contributed by atoms with Gasteiger partial charge in [0, 0.05) is 25.2 Å². The van der Waals surface area contributed by atoms with Crippen molar-refractivity contribution in [2.45, 2.75) is 51.8 Å². The smallest absolute Gasteiger partial charge is 0.0588 e. The van der Waals surface area contributed by atoms with Crippen LogP contribution in [0.1, 0.15) is 33.6 Å². The van der Waals surface area contributed by atoms with Crippen molar-refractivity contribution < 1.29 is 4.74 Å². The molecule has 2 saturated heterocycles. The van der Waals surface area contributed by atoms with E-state index in [2.05, 4.69) is 38.0 Å². The molecule has 2 aliphatic rings. The summed E-state index contributed by atoms with van der Waals surface area (Å²) in [5, 5.41) is 3.46. The van der Waals surface area contributed by atoms with Gasteiger partial charge in [0.2, 0.25) is 0 Å². The number of piperidine rings is 1. The largest absolute Gasteiger partial charge is 0.378 e. The molecule has 0 radical (unpaired) electrons. The molecule has 2 rings (SSSR count). The van der Waals surface area contributed by atoms with E-state index in [0.717, 1.165) is 18.4 Å². The molecular weight excluding hydrogens is 212 g/mol. The van der Waals surface area contributed by atoms with Gasteiger partial charge in [0.15, 0.2) is 0 Å². The van der Waals surface area contributed by atoms with Gasteiger partial charge >= 0.3 is 0 Å². The highest BCUT2D eigenvalue weighted by atomic mass is 16.5. The molecule has 0 aliphatic carbocycles. The van der Waals surface area contributed by atoms with Crippen molar-refractivity contribution in [2.24, 2.45) is 11.8 Å². The molecule has 2 fully saturated rings. The van der Waals surface area contributed by atoms with Gasteiger partial charge in [-0.05, 0) is 52.1 Å². The molecule has 100 valence electrons. The highest BCUT2D eigenvalue weighted by Crippen LogP contribution is 2.28. The second-order valence-corrected chi connectivity index (χ2v) is 5.90. The van der Waals surface area contributed by atoms with Gasteiger partial charge in [0.25, 0.3) is 0 Å². The molecule has 0 amide bonds. The van der Waals surface area contributed by atoms with Gasteiger partial charge < -0.3 is 10.1 Å². The molecule has 0 aromatic rings. The fourth-order valence-corrected chi connectivity index (χ4v) is 3.42. The summed E-state index contributed by atoms with van der Waals surface area (Å²) >= 11 is 0. The summed E-state index contributed by atoms with van der Waals surface area (Å²) in [6.07, 6.45) is 2.98. The zero-order valence-electron chi connectivity index (χ0n) is 11.8. The van der Waals surface area contributed by atoms with Gasteiger partial charge in [0.1, 0.15) is 0 Å². The Balaban J connectivity index is 1.89. The van der Waals surface area contributed by atoms with Crippen LogP contribution in [0, 0.1) is 11.8 Å². The van der Waals surface area contributed by atoms with Crippen molar-refractivity contribution in [3.63, 3.8) is 0 Å². The lowest BCUT2D eigenvalue weighted by Crippen LogP contribution is -2.53. The van der Waals surface area contributed by atoms with Crippen LogP contribution in [0.2, 0.25) is 0 Å². The van der Waals surface area contributed by atoms with E-state index < -0.39 is 0 Å². The third kappa shape index (κ3) is 2.83. The standard InChI is InChI=1S/C14H28N2O/c1-10-11(2)16(7-5-14(10)15-4)9-13-6-8-17-12(13)3/h10-15H,5-9H2,1-4H3. The van der Waals surface area contributed by atoms with E-state index in [-0.39, 0.29) is 0 Å². The van der Waals surface area contributed by atoms with Crippen molar-refractivity contribution in [3.05, 3.63) is 0 Å². The summed E-state index contributed by atoms with van der Waals surface area (Å²) in [5.74, 6) is 1.49. The van der Waals surface area contributed by atoms with E-state index in [9.17, 15) is 0 Å². The number of ether oxygens (including phenoxy) is 1. The maximum atomic E-state index is 5.67. The van der Waals surface area contributed by atoms with Gasteiger partial charge in [-0.3, -0.25) is 4.90 Å². The Morgan fingerprint density at radius 1 is 1.24 bits per heavy atom. The summed E-state index contributed by atoms with van der Waals surface area (Å²) < 4.78 is 5.67. The van der Waals surface area contributed by atoms with Gasteiger partial charge in [-0.2, -0.15) is 0 Å². The molecule has 0 aromatic heterocycles. The zero-order chi connectivity index (χ0) is 12.4. The summed E-state index contributed by atoms with van der Waals surface area (Å²) in [4.78, 5) is 2.67. The second-order valence-electron chi connectivity index (χ2n) is 5.90. The van der Waals surface area contributed by atoms with Crippen LogP contribution in [0.15, 0.2) is 0 Å². The molecule has 17 heavy (non-hydrogen) atoms. The number of hydrogen-bond donors (Lipinski definition) is 1. The van der Waals surface area contributed by atoms with Crippen molar-refractivity contribution >= 4 is 0 Å². The van der Waals surface area contributed by atoms with Gasteiger partial charge in [-0.15, -0.1) is 0 Å². The minimum Gasteiger partial charge on any atom is -0.378 e. The highest BCUT2D eigenvalue weighted by molar-refractivity contribution is 4.89. The maximum Gasteiger partial charge on any atom is 0.0588 e. The first-order valence-corrected chi connectivity index (χ1v) is 7.16. The number of hydrogen-bond acceptors (Lipinski definition) is 3. The molecular formula is C14H28N2O. The fourth-order valence-electron chi connectivity index (χ4n) is 3.42. The number of likely N-dealkylation sites (tertiary alicyclic amines) is 1. The molecule has 0 saturated carbocycles. The Kier molecular flexibility index (Phi) is 4.45. The van der Waals surface area contributed by atoms with Gasteiger partial charge in [0.05, 0.1) is 6.10 Å². The lowest BCUT2D eigenvalue weighted by atomic mass is 9.86. The van der Waals surface area contributed by atoms with Crippen LogP contribution in [0.5, 0.6) is 0 Å². The Morgan fingerprint density at radius 2 is 2.00 bits per heavy atom. The Labute approximate surface area is 106 Å². The molecule has 5 unspecified atom stereocenters. The molecule has 1 N–H and O–H groups in total. The van der Waals surface area contributed by atoms with E-state index in [1.807, 2.05) is 0 Å². The SMILES string of the molecule is CNC1CCN(CC2CCOC2C)C(C)C1C. The number of nitrogens with one attached hydrogen (secondary N) is 1. The minimum atomic E-state index is 0.458. The molecule has 3 heteroatoms. The average molecular weight is 240 g/mol. The van der Waals surface area contributed by atoms with Crippen molar-refractivity contribution in [1.29, 1.82) is 0 Å². The summed E-state index contributed by atoms with van der Waals surface area (Å²) in [7, 11) is 2.09. The average Bonchev–Trinajstić information content (AvgIpc) is 2.71. The zero-order valence-corrected chi connectivity index (χ0v) is 11.8. The van der Waals surface area contributed by atoms with Crippen LogP contribution in [0.4, 0.5) is 0 Å². The molecule has 2 aliphatic heterocycles. The molecule has 5 atom stereocenters. The molecule has 3 nitrogen and oxygen atoms in total. The van der Waals surface area contributed by atoms with E-state index in [4.69, 9.17) is 4.74 Å². The van der Waals surface area contributed by atoms with Crippen molar-refractivity contribution in [2.75, 3.05) is 26.7 Å². The third-order valence-electron chi connectivity index (χ3n) is 5.07. The second kappa shape index (κ2) is 5.68. The van der Waals surface area contributed by atoms with E-state index >= 15 is 0 Å². The van der Waals surface area contributed by atoms with Crippen LogP contribution < -0.4 is 5.32 Å². The fraction of sp³-hybridized carbons (Fsp3) is 1.00. The van der Waals surface area contributed by atoms with Crippen LogP contribution in [0.25, 0.3) is 0 Å². The highest BCUT2D eigenvalue weighted by Gasteiger charge is 2.34. The predicted molar refractivity (Wildman–Crippen MR) is 71.2 cm³/mol. The molecule has 0 aromatic carbocycles. The first-order valence-electron chi connectivity index (χ1n) is 7.16. The Hall–Kier alpha value is -0.120. The lowest BCUT2D eigenvalue weighted by molar-refractivity contribution is 0.0493. The molecule has 0 spiro atoms. The Bertz CT molecular complexity index is 246. The Morgan fingerprint density at radius 3 is 2.59 bits per heavy atom. The minimum absolute atomic E-state index is 0.458. The normalized spacial score (nSPS) is 44.1. The summed E-state index contributed by atoms with van der Waals surface area (Å²) in [6.45, 7) is 10.4. The quantitative estimate of drug-likeness (QED) is 0.813. The van der Waals surface area contributed by atoms with Gasteiger partial charge in [-0.25, -0.2) is 0 Å². The molecule has 2 heterocycles. The van der Waals surface area contributed by atoms with Crippen molar-refractivity contribution in [3.8, 4) is 0 Å². The third-order valence-corrected chi connectivity index (χ3v) is 5.07. The monoisotopic (exact) mass is 240 g/mol. The lowest BCUT2D eigenvalue weighted by Gasteiger charge is -2.43. The van der Waals surface area contributed by atoms with Crippen LogP contribution in [-0.4, -0.2) is 49.8 Å². The summed E-state index contributed by atoms with van der Waals surface area (Å²) in [5.41, 5.74) is 0. The molecule has 0 bridgehead atoms. The summed E-state index contributed by atoms with van der Waals surface area (Å²) in [6, 6.07) is 1.38. The first-order chi connectivity index (χ1) is 8.13. The van der Waals surface area contributed by atoms with Crippen LogP contribution >= 0.6 is 0 Å². The van der Waals surface area contributed by atoms with E-state index in [0.29, 0.717) is 18.2 Å². The predicted octanol–water partition coefficient (Wildman–Crippen LogP) is 1.73. The van der Waals surface area contributed by atoms with E-state index in [1.54, 1.807) is 0 Å². The van der Waals surface area contributed by atoms with E-state index in [1.165, 1.54) is 25.9 Å². The topological polar surface area (TPSA) is 24.5 Å². The van der Waals surface area contributed by atoms with Gasteiger partial charge in [-0.1, -0.05) is 6.92 Å². The maximum absolute atomic E-state index is 5.67. The number of rotatable bonds is 3. The number of nitrogens with zero attached hydrogens (tertiary/aromatic N) is 1. The first kappa shape index (κ1) is 13.3. The van der Waals surface area contributed by atoms with Crippen LogP contribution in [-0.2, 0) is 4.74 Å². The van der Waals surface area contributed by atoms with Crippen LogP contribution in [0.3, 0.4) is 0 Å². The van der Waals surface area contributed by atoms with Crippen molar-refractivity contribution in [1.82, 2.24) is 10.2 Å².